The number of hydrogen-bond acceptors (Lipinski definition) is 5. The van der Waals surface area contributed by atoms with Gasteiger partial charge in [-0.15, -0.1) is 0 Å². The van der Waals surface area contributed by atoms with Crippen molar-refractivity contribution in [3.8, 4) is 28.4 Å². The molecule has 1 aliphatic rings. The zero-order valence-corrected chi connectivity index (χ0v) is 18.7. The van der Waals surface area contributed by atoms with Crippen LogP contribution in [0.25, 0.3) is 11.1 Å². The van der Waals surface area contributed by atoms with E-state index in [2.05, 4.69) is 0 Å². The number of rotatable bonds is 9. The Balaban J connectivity index is 1.59. The summed E-state index contributed by atoms with van der Waals surface area (Å²) in [7, 11) is 3.29. The maximum Gasteiger partial charge on any atom is 0.341 e. The second kappa shape index (κ2) is 9.77. The van der Waals surface area contributed by atoms with Crippen LogP contribution in [-0.2, 0) is 11.3 Å². The van der Waals surface area contributed by atoms with Gasteiger partial charge in [0.15, 0.2) is 0 Å². The van der Waals surface area contributed by atoms with Crippen molar-refractivity contribution < 1.29 is 23.7 Å². The molecular weight excluding hydrogens is 404 g/mol. The molecule has 0 spiro atoms. The molecule has 3 aromatic rings. The smallest absolute Gasteiger partial charge is 0.341 e. The van der Waals surface area contributed by atoms with E-state index in [1.807, 2.05) is 67.6 Å². The number of carbonyl (C=O) groups excluding carboxylic acids is 1. The number of ether oxygens (including phenoxy) is 4. The topological polar surface area (TPSA) is 54.0 Å². The lowest BCUT2D eigenvalue weighted by Crippen LogP contribution is -2.10. The van der Waals surface area contributed by atoms with Crippen LogP contribution < -0.4 is 14.2 Å². The third kappa shape index (κ3) is 5.22. The summed E-state index contributed by atoms with van der Waals surface area (Å²) in [6.07, 6.45) is 2.25. The fourth-order valence-electron chi connectivity index (χ4n) is 3.51. The minimum atomic E-state index is -0.352. The van der Waals surface area contributed by atoms with E-state index in [0.717, 1.165) is 46.6 Å². The van der Waals surface area contributed by atoms with Gasteiger partial charge >= 0.3 is 5.97 Å². The normalized spacial score (nSPS) is 12.8. The predicted molar refractivity (Wildman–Crippen MR) is 123 cm³/mol. The summed E-state index contributed by atoms with van der Waals surface area (Å²) < 4.78 is 22.1. The van der Waals surface area contributed by atoms with E-state index < -0.39 is 0 Å². The fourth-order valence-corrected chi connectivity index (χ4v) is 3.51. The van der Waals surface area contributed by atoms with Crippen molar-refractivity contribution in [1.82, 2.24) is 0 Å². The van der Waals surface area contributed by atoms with Crippen LogP contribution in [0.4, 0.5) is 0 Å². The highest BCUT2D eigenvalue weighted by atomic mass is 16.5. The highest BCUT2D eigenvalue weighted by Crippen LogP contribution is 2.33. The van der Waals surface area contributed by atoms with Crippen LogP contribution in [0.15, 0.2) is 60.7 Å². The van der Waals surface area contributed by atoms with Crippen LogP contribution in [0.3, 0.4) is 0 Å². The first-order chi connectivity index (χ1) is 15.6. The van der Waals surface area contributed by atoms with Gasteiger partial charge in [-0.2, -0.15) is 0 Å². The molecule has 5 nitrogen and oxygen atoms in total. The molecule has 1 aliphatic carbocycles. The van der Waals surface area contributed by atoms with E-state index in [-0.39, 0.29) is 5.97 Å². The zero-order chi connectivity index (χ0) is 22.5. The highest BCUT2D eigenvalue weighted by molar-refractivity contribution is 5.94. The van der Waals surface area contributed by atoms with E-state index in [0.29, 0.717) is 30.4 Å². The van der Waals surface area contributed by atoms with Gasteiger partial charge in [0.05, 0.1) is 20.8 Å². The maximum atomic E-state index is 12.9. The highest BCUT2D eigenvalue weighted by Gasteiger charge is 2.24. The maximum absolute atomic E-state index is 12.9. The third-order valence-corrected chi connectivity index (χ3v) is 5.64. The summed E-state index contributed by atoms with van der Waals surface area (Å²) in [5, 5.41) is 0. The van der Waals surface area contributed by atoms with Crippen LogP contribution in [0, 0.1) is 12.8 Å². The van der Waals surface area contributed by atoms with Gasteiger partial charge in [0, 0.05) is 0 Å². The molecule has 1 saturated carbocycles. The van der Waals surface area contributed by atoms with E-state index in [1.54, 1.807) is 14.2 Å². The molecule has 0 N–H and O–H groups in total. The summed E-state index contributed by atoms with van der Waals surface area (Å²) in [6.45, 7) is 2.83. The molecule has 3 aromatic carbocycles. The molecule has 0 bridgehead atoms. The Bertz CT molecular complexity index is 1080. The Hall–Kier alpha value is -3.47. The molecule has 0 amide bonds. The predicted octanol–water partition coefficient (Wildman–Crippen LogP) is 5.83. The minimum Gasteiger partial charge on any atom is -0.497 e. The first-order valence-electron chi connectivity index (χ1n) is 10.8. The molecule has 5 heteroatoms. The second-order valence-corrected chi connectivity index (χ2v) is 8.07. The van der Waals surface area contributed by atoms with E-state index in [4.69, 9.17) is 18.9 Å². The molecule has 0 aromatic heterocycles. The average Bonchev–Trinajstić information content (AvgIpc) is 3.66. The van der Waals surface area contributed by atoms with Gasteiger partial charge in [-0.3, -0.25) is 0 Å². The number of methoxy groups -OCH3 is 2. The monoisotopic (exact) mass is 432 g/mol. The van der Waals surface area contributed by atoms with Gasteiger partial charge in [-0.05, 0) is 84.3 Å². The quantitative estimate of drug-likeness (QED) is 0.399. The summed E-state index contributed by atoms with van der Waals surface area (Å²) in [4.78, 5) is 12.9. The number of aryl methyl sites for hydroxylation is 1. The van der Waals surface area contributed by atoms with Crippen molar-refractivity contribution in [2.24, 2.45) is 5.92 Å². The summed E-state index contributed by atoms with van der Waals surface area (Å²) in [5.74, 6) is 2.24. The molecule has 0 saturated heterocycles. The van der Waals surface area contributed by atoms with Crippen LogP contribution in [0.1, 0.15) is 34.3 Å². The van der Waals surface area contributed by atoms with Crippen LogP contribution in [-0.4, -0.2) is 26.8 Å². The largest absolute Gasteiger partial charge is 0.497 e. The standard InChI is InChI=1S/C27H28O5/c1-18-14-23(30-3)11-12-24(18)21-8-13-26(25(15-21)27(28)32-17-19-4-5-19)31-16-20-6-9-22(29-2)10-7-20/h6-15,19H,4-5,16-17H2,1-3H3. The van der Waals surface area contributed by atoms with Gasteiger partial charge in [0.1, 0.15) is 29.4 Å². The third-order valence-electron chi connectivity index (χ3n) is 5.64. The molecule has 4 rings (SSSR count). The Morgan fingerprint density at radius 1 is 0.906 bits per heavy atom. The Kier molecular flexibility index (Phi) is 6.64. The fraction of sp³-hybridized carbons (Fsp3) is 0.296. The SMILES string of the molecule is COc1ccc(COc2ccc(-c3ccc(OC)cc3C)cc2C(=O)OCC2CC2)cc1. The average molecular weight is 433 g/mol. The molecule has 0 aliphatic heterocycles. The Labute approximate surface area is 188 Å². The van der Waals surface area contributed by atoms with Crippen molar-refractivity contribution in [2.45, 2.75) is 26.4 Å². The van der Waals surface area contributed by atoms with Gasteiger partial charge < -0.3 is 18.9 Å². The number of benzene rings is 3. The molecule has 1 fully saturated rings. The molecule has 0 heterocycles. The first kappa shape index (κ1) is 21.8. The van der Waals surface area contributed by atoms with Crippen molar-refractivity contribution in [3.05, 3.63) is 77.4 Å². The molecule has 0 unspecified atom stereocenters. The number of hydrogen-bond donors (Lipinski definition) is 0. The van der Waals surface area contributed by atoms with E-state index >= 15 is 0 Å². The van der Waals surface area contributed by atoms with Crippen molar-refractivity contribution >= 4 is 5.97 Å². The minimum absolute atomic E-state index is 0.341. The summed E-state index contributed by atoms with van der Waals surface area (Å²) in [5.41, 5.74) is 4.45. The molecule has 0 atom stereocenters. The lowest BCUT2D eigenvalue weighted by molar-refractivity contribution is 0.0481. The molecule has 0 radical (unpaired) electrons. The zero-order valence-electron chi connectivity index (χ0n) is 18.7. The van der Waals surface area contributed by atoms with Crippen molar-refractivity contribution in [2.75, 3.05) is 20.8 Å². The Morgan fingerprint density at radius 2 is 1.62 bits per heavy atom. The summed E-state index contributed by atoms with van der Waals surface area (Å²) >= 11 is 0. The lowest BCUT2D eigenvalue weighted by Gasteiger charge is -2.15. The molecule has 32 heavy (non-hydrogen) atoms. The van der Waals surface area contributed by atoms with Gasteiger partial charge in [0.2, 0.25) is 0 Å². The van der Waals surface area contributed by atoms with E-state index in [1.165, 1.54) is 0 Å². The van der Waals surface area contributed by atoms with Gasteiger partial charge in [-0.25, -0.2) is 4.79 Å². The van der Waals surface area contributed by atoms with Crippen molar-refractivity contribution in [3.63, 3.8) is 0 Å². The van der Waals surface area contributed by atoms with Crippen LogP contribution in [0.5, 0.6) is 17.2 Å². The Morgan fingerprint density at radius 3 is 2.28 bits per heavy atom. The second-order valence-electron chi connectivity index (χ2n) is 8.07. The van der Waals surface area contributed by atoms with Crippen molar-refractivity contribution in [1.29, 1.82) is 0 Å². The van der Waals surface area contributed by atoms with Gasteiger partial charge in [-0.1, -0.05) is 24.3 Å². The number of carbonyl (C=O) groups is 1. The van der Waals surface area contributed by atoms with E-state index in [9.17, 15) is 4.79 Å². The molecular formula is C27H28O5. The van der Waals surface area contributed by atoms with Crippen LogP contribution >= 0.6 is 0 Å². The lowest BCUT2D eigenvalue weighted by atomic mass is 9.98. The number of esters is 1. The molecule has 166 valence electrons. The van der Waals surface area contributed by atoms with Crippen LogP contribution in [0.2, 0.25) is 0 Å². The first-order valence-corrected chi connectivity index (χ1v) is 10.8. The summed E-state index contributed by atoms with van der Waals surface area (Å²) in [6, 6.07) is 19.2. The van der Waals surface area contributed by atoms with Gasteiger partial charge in [0.25, 0.3) is 0 Å².